The summed E-state index contributed by atoms with van der Waals surface area (Å²) in [5.41, 5.74) is 5.43. The van der Waals surface area contributed by atoms with E-state index in [0.29, 0.717) is 6.42 Å². The van der Waals surface area contributed by atoms with Gasteiger partial charge >= 0.3 is 0 Å². The third kappa shape index (κ3) is 2.93. The van der Waals surface area contributed by atoms with Crippen LogP contribution in [0.3, 0.4) is 0 Å². The van der Waals surface area contributed by atoms with Gasteiger partial charge in [0.25, 0.3) is 0 Å². The van der Waals surface area contributed by atoms with E-state index < -0.39 is 0 Å². The molecule has 0 spiro atoms. The number of carbonyl (C=O) groups excluding carboxylic acids is 1. The first-order chi connectivity index (χ1) is 8.85. The van der Waals surface area contributed by atoms with Gasteiger partial charge in [-0.3, -0.25) is 10.0 Å². The van der Waals surface area contributed by atoms with Crippen molar-refractivity contribution in [3.05, 3.63) is 24.9 Å². The average molecular weight is 254 g/mol. The Kier molecular flexibility index (Phi) is 4.43. The highest BCUT2D eigenvalue weighted by Crippen LogP contribution is 2.17. The number of rotatable bonds is 7. The summed E-state index contributed by atoms with van der Waals surface area (Å²) >= 11 is 0. The lowest BCUT2D eigenvalue weighted by Gasteiger charge is -2.30. The van der Waals surface area contributed by atoms with Gasteiger partial charge in [-0.1, -0.05) is 24.5 Å². The Morgan fingerprint density at radius 3 is 2.39 bits per heavy atom. The predicted octanol–water partition coefficient (Wildman–Crippen LogP) is 0.559. The molecule has 2 atom stereocenters. The maximum absolute atomic E-state index is 11.2. The van der Waals surface area contributed by atoms with Crippen LogP contribution in [0.15, 0.2) is 24.9 Å². The summed E-state index contributed by atoms with van der Waals surface area (Å²) in [5.74, 6) is 0. The van der Waals surface area contributed by atoms with Gasteiger partial charge in [0.15, 0.2) is 0 Å². The zero-order valence-corrected chi connectivity index (χ0v) is 10.3. The van der Waals surface area contributed by atoms with Crippen molar-refractivity contribution < 1.29 is 14.5 Å². The summed E-state index contributed by atoms with van der Waals surface area (Å²) in [6.45, 7) is 2.11. The van der Waals surface area contributed by atoms with Crippen LogP contribution in [-0.2, 0) is 14.5 Å². The summed E-state index contributed by atoms with van der Waals surface area (Å²) in [6, 6.07) is -0.101. The van der Waals surface area contributed by atoms with Crippen LogP contribution in [0.25, 0.3) is 0 Å². The van der Waals surface area contributed by atoms with E-state index in [1.54, 1.807) is 17.5 Å². The van der Waals surface area contributed by atoms with Crippen molar-refractivity contribution in [2.75, 3.05) is 0 Å². The van der Waals surface area contributed by atoms with Gasteiger partial charge in [-0.05, 0) is 12.8 Å². The van der Waals surface area contributed by atoms with E-state index in [1.165, 1.54) is 6.26 Å². The molecule has 7 heteroatoms. The molecule has 100 valence electrons. The first-order valence-corrected chi connectivity index (χ1v) is 6.03. The highest BCUT2D eigenvalue weighted by atomic mass is 16.7. The maximum atomic E-state index is 11.2. The number of hydrogen-bond donors (Lipinski definition) is 2. The summed E-state index contributed by atoms with van der Waals surface area (Å²) in [5, 5.41) is 3.52. The van der Waals surface area contributed by atoms with Crippen molar-refractivity contribution in [2.24, 2.45) is 0 Å². The number of hydrazine groups is 2. The quantitative estimate of drug-likeness (QED) is 0.643. The first-order valence-electron chi connectivity index (χ1n) is 6.03. The Balaban J connectivity index is 1.95. The average Bonchev–Trinajstić information content (AvgIpc) is 3.06. The van der Waals surface area contributed by atoms with Gasteiger partial charge in [0.2, 0.25) is 0 Å². The molecule has 0 bridgehead atoms. The van der Waals surface area contributed by atoms with Gasteiger partial charge < -0.3 is 14.5 Å². The molecule has 0 fully saturated rings. The molecule has 0 aromatic carbocycles. The van der Waals surface area contributed by atoms with Crippen LogP contribution in [0.4, 0.5) is 0 Å². The minimum Gasteiger partial charge on any atom is -0.395 e. The Bertz CT molecular complexity index is 334. The second-order valence-electron chi connectivity index (χ2n) is 4.18. The highest BCUT2D eigenvalue weighted by molar-refractivity contribution is 5.57. The van der Waals surface area contributed by atoms with Crippen LogP contribution < -0.4 is 11.2 Å². The standard InChI is InChI=1S/C11H18N4O3/c1-2-3-10(14-4-6-17-12-14)8-11(9-16)15-5-7-18-13-15/h4-7,9-13H,2-3,8H2,1H3. The molecule has 18 heavy (non-hydrogen) atoms. The van der Waals surface area contributed by atoms with Crippen molar-refractivity contribution >= 4 is 6.29 Å². The van der Waals surface area contributed by atoms with E-state index in [-0.39, 0.29) is 12.1 Å². The largest absolute Gasteiger partial charge is 0.395 e. The molecule has 0 aromatic heterocycles. The Labute approximate surface area is 106 Å². The minimum atomic E-state index is -0.281. The summed E-state index contributed by atoms with van der Waals surface area (Å²) in [7, 11) is 0. The smallest absolute Gasteiger partial charge is 0.144 e. The Hall–Kier alpha value is -1.73. The second kappa shape index (κ2) is 6.27. The van der Waals surface area contributed by atoms with Crippen molar-refractivity contribution in [1.29, 1.82) is 0 Å². The summed E-state index contributed by atoms with van der Waals surface area (Å²) in [4.78, 5) is 21.0. The second-order valence-corrected chi connectivity index (χ2v) is 4.18. The number of aldehydes is 1. The Morgan fingerprint density at radius 1 is 1.22 bits per heavy atom. The molecule has 2 heterocycles. The molecule has 0 aliphatic carbocycles. The van der Waals surface area contributed by atoms with Gasteiger partial charge in [-0.15, -0.1) is 0 Å². The molecule has 2 aliphatic heterocycles. The lowest BCUT2D eigenvalue weighted by Crippen LogP contribution is -2.46. The van der Waals surface area contributed by atoms with E-state index >= 15 is 0 Å². The van der Waals surface area contributed by atoms with E-state index in [0.717, 1.165) is 19.1 Å². The third-order valence-corrected chi connectivity index (χ3v) is 2.94. The molecular weight excluding hydrogens is 236 g/mol. The van der Waals surface area contributed by atoms with Crippen molar-refractivity contribution in [3.63, 3.8) is 0 Å². The number of nitrogens with one attached hydrogen (secondary N) is 2. The van der Waals surface area contributed by atoms with Gasteiger partial charge in [-0.25, -0.2) is 0 Å². The van der Waals surface area contributed by atoms with Crippen LogP contribution >= 0.6 is 0 Å². The molecule has 0 radical (unpaired) electrons. The molecule has 0 amide bonds. The van der Waals surface area contributed by atoms with Gasteiger partial charge in [0.1, 0.15) is 24.9 Å². The van der Waals surface area contributed by atoms with E-state index in [1.807, 2.05) is 11.2 Å². The van der Waals surface area contributed by atoms with Crippen molar-refractivity contribution in [3.8, 4) is 0 Å². The van der Waals surface area contributed by atoms with Gasteiger partial charge in [-0.2, -0.15) is 0 Å². The fourth-order valence-corrected chi connectivity index (χ4v) is 2.03. The number of nitrogens with zero attached hydrogens (tertiary/aromatic N) is 2. The zero-order valence-electron chi connectivity index (χ0n) is 10.3. The highest BCUT2D eigenvalue weighted by Gasteiger charge is 2.26. The maximum Gasteiger partial charge on any atom is 0.144 e. The molecule has 2 unspecified atom stereocenters. The lowest BCUT2D eigenvalue weighted by molar-refractivity contribution is -0.116. The van der Waals surface area contributed by atoms with Crippen LogP contribution in [0, 0.1) is 0 Å². The molecule has 2 aliphatic rings. The van der Waals surface area contributed by atoms with E-state index in [9.17, 15) is 4.79 Å². The Morgan fingerprint density at radius 2 is 1.89 bits per heavy atom. The van der Waals surface area contributed by atoms with Gasteiger partial charge in [0.05, 0.1) is 18.4 Å². The molecule has 0 saturated heterocycles. The van der Waals surface area contributed by atoms with Crippen LogP contribution in [0.1, 0.15) is 26.2 Å². The molecule has 0 saturated carbocycles. The first kappa shape index (κ1) is 12.7. The third-order valence-electron chi connectivity index (χ3n) is 2.94. The summed E-state index contributed by atoms with van der Waals surface area (Å²) < 4.78 is 0. The molecule has 2 N–H and O–H groups in total. The number of hydrogen-bond acceptors (Lipinski definition) is 7. The molecule has 0 aromatic rings. The predicted molar refractivity (Wildman–Crippen MR) is 63.6 cm³/mol. The van der Waals surface area contributed by atoms with Crippen LogP contribution in [0.5, 0.6) is 0 Å². The lowest BCUT2D eigenvalue weighted by atomic mass is 10.0. The van der Waals surface area contributed by atoms with Gasteiger partial charge in [0, 0.05) is 0 Å². The van der Waals surface area contributed by atoms with Crippen LogP contribution in [-0.4, -0.2) is 28.4 Å². The summed E-state index contributed by atoms with van der Waals surface area (Å²) in [6.07, 6.45) is 10.2. The van der Waals surface area contributed by atoms with Crippen molar-refractivity contribution in [1.82, 2.24) is 21.2 Å². The minimum absolute atomic E-state index is 0.180. The van der Waals surface area contributed by atoms with E-state index in [4.69, 9.17) is 9.68 Å². The molecule has 2 rings (SSSR count). The number of carbonyl (C=O) groups is 1. The van der Waals surface area contributed by atoms with Crippen LogP contribution in [0.2, 0.25) is 0 Å². The topological polar surface area (TPSA) is 66.1 Å². The molecular formula is C11H18N4O3. The van der Waals surface area contributed by atoms with E-state index in [2.05, 4.69) is 18.1 Å². The monoisotopic (exact) mass is 254 g/mol. The fourth-order valence-electron chi connectivity index (χ4n) is 2.03. The zero-order chi connectivity index (χ0) is 12.8. The fraction of sp³-hybridized carbons (Fsp3) is 0.545. The van der Waals surface area contributed by atoms with Crippen molar-refractivity contribution in [2.45, 2.75) is 38.3 Å². The normalized spacial score (nSPS) is 20.7. The molecule has 7 nitrogen and oxygen atoms in total. The SMILES string of the molecule is CCCC(CC(C=O)N1C=CON1)N1C=CON1.